The van der Waals surface area contributed by atoms with Crippen molar-refractivity contribution in [1.82, 2.24) is 5.32 Å². The monoisotopic (exact) mass is 299 g/mol. The molecule has 0 aromatic carbocycles. The summed E-state index contributed by atoms with van der Waals surface area (Å²) in [6.45, 7) is 11.8. The maximum absolute atomic E-state index is 6.38. The molecule has 0 aliphatic heterocycles. The molecular weight excluding hydrogens is 262 g/mol. The van der Waals surface area contributed by atoms with E-state index in [1.54, 1.807) is 7.11 Å². The van der Waals surface area contributed by atoms with Crippen LogP contribution in [-0.4, -0.2) is 38.5 Å². The van der Waals surface area contributed by atoms with Crippen molar-refractivity contribution in [3.8, 4) is 0 Å². The molecule has 2 atom stereocenters. The van der Waals surface area contributed by atoms with Crippen LogP contribution in [0.2, 0.25) is 0 Å². The molecule has 0 spiro atoms. The molecule has 1 N–H and O–H groups in total. The summed E-state index contributed by atoms with van der Waals surface area (Å²) in [5, 5.41) is 3.81. The fourth-order valence-corrected chi connectivity index (χ4v) is 3.76. The zero-order chi connectivity index (χ0) is 15.7. The second-order valence-corrected chi connectivity index (χ2v) is 6.87. The van der Waals surface area contributed by atoms with Gasteiger partial charge in [0, 0.05) is 26.4 Å². The van der Waals surface area contributed by atoms with Gasteiger partial charge >= 0.3 is 0 Å². The molecule has 21 heavy (non-hydrogen) atoms. The van der Waals surface area contributed by atoms with Crippen LogP contribution in [-0.2, 0) is 9.47 Å². The highest BCUT2D eigenvalue weighted by Gasteiger charge is 2.43. The molecule has 0 aromatic heterocycles. The van der Waals surface area contributed by atoms with Crippen LogP contribution in [0.4, 0.5) is 0 Å². The van der Waals surface area contributed by atoms with E-state index in [2.05, 4.69) is 33.0 Å². The normalized spacial score (nSPS) is 29.3. The zero-order valence-electron chi connectivity index (χ0n) is 14.9. The minimum atomic E-state index is 0.0313. The van der Waals surface area contributed by atoms with Crippen LogP contribution in [0.1, 0.15) is 66.2 Å². The highest BCUT2D eigenvalue weighted by Crippen LogP contribution is 2.40. The molecule has 3 heteroatoms. The molecule has 1 aliphatic rings. The second-order valence-electron chi connectivity index (χ2n) is 6.87. The van der Waals surface area contributed by atoms with E-state index in [1.165, 1.54) is 32.1 Å². The molecule has 0 heterocycles. The lowest BCUT2D eigenvalue weighted by molar-refractivity contribution is -0.108. The van der Waals surface area contributed by atoms with Crippen LogP contribution in [0.3, 0.4) is 0 Å². The van der Waals surface area contributed by atoms with E-state index in [1.807, 2.05) is 0 Å². The van der Waals surface area contributed by atoms with E-state index in [0.717, 1.165) is 32.1 Å². The predicted octanol–water partition coefficient (Wildman–Crippen LogP) is 4.01. The third kappa shape index (κ3) is 5.54. The first-order valence-electron chi connectivity index (χ1n) is 8.95. The Hall–Kier alpha value is -0.120. The minimum Gasteiger partial charge on any atom is -0.385 e. The van der Waals surface area contributed by atoms with E-state index >= 15 is 0 Å². The van der Waals surface area contributed by atoms with Crippen LogP contribution < -0.4 is 5.32 Å². The zero-order valence-corrected chi connectivity index (χ0v) is 14.9. The Kier molecular flexibility index (Phi) is 8.84. The molecule has 1 fully saturated rings. The van der Waals surface area contributed by atoms with Crippen molar-refractivity contribution in [3.05, 3.63) is 0 Å². The van der Waals surface area contributed by atoms with Crippen molar-refractivity contribution in [2.45, 2.75) is 77.9 Å². The van der Waals surface area contributed by atoms with Gasteiger partial charge in [-0.1, -0.05) is 20.8 Å². The molecule has 126 valence electrons. The number of methoxy groups -OCH3 is 1. The molecule has 1 aliphatic carbocycles. The quantitative estimate of drug-likeness (QED) is 0.661. The smallest absolute Gasteiger partial charge is 0.0837 e. The van der Waals surface area contributed by atoms with Crippen LogP contribution in [0.15, 0.2) is 0 Å². The Labute approximate surface area is 132 Å². The molecule has 2 unspecified atom stereocenters. The van der Waals surface area contributed by atoms with Crippen LogP contribution in [0.5, 0.6) is 0 Å². The average Bonchev–Trinajstić information content (AvgIpc) is 2.48. The van der Waals surface area contributed by atoms with E-state index in [4.69, 9.17) is 9.47 Å². The van der Waals surface area contributed by atoms with E-state index < -0.39 is 0 Å². The van der Waals surface area contributed by atoms with Crippen LogP contribution in [0.25, 0.3) is 0 Å². The first-order valence-corrected chi connectivity index (χ1v) is 8.95. The van der Waals surface area contributed by atoms with Crippen molar-refractivity contribution >= 4 is 0 Å². The second kappa shape index (κ2) is 9.81. The molecular formula is C18H37NO2. The van der Waals surface area contributed by atoms with Gasteiger partial charge in [0.1, 0.15) is 0 Å². The Morgan fingerprint density at radius 1 is 1.24 bits per heavy atom. The van der Waals surface area contributed by atoms with Crippen LogP contribution in [0, 0.1) is 11.8 Å². The summed E-state index contributed by atoms with van der Waals surface area (Å²) in [5.41, 5.74) is 0.0313. The first kappa shape index (κ1) is 18.9. The molecule has 1 rings (SSSR count). The lowest BCUT2D eigenvalue weighted by Crippen LogP contribution is -2.57. The largest absolute Gasteiger partial charge is 0.385 e. The summed E-state index contributed by atoms with van der Waals surface area (Å²) in [5.74, 6) is 1.43. The molecule has 3 nitrogen and oxygen atoms in total. The van der Waals surface area contributed by atoms with Crippen molar-refractivity contribution in [3.63, 3.8) is 0 Å². The van der Waals surface area contributed by atoms with Gasteiger partial charge in [-0.2, -0.15) is 0 Å². The molecule has 0 saturated heterocycles. The van der Waals surface area contributed by atoms with Gasteiger partial charge in [-0.25, -0.2) is 0 Å². The molecule has 0 radical (unpaired) electrons. The average molecular weight is 299 g/mol. The fraction of sp³-hybridized carbons (Fsp3) is 1.00. The van der Waals surface area contributed by atoms with Crippen molar-refractivity contribution < 1.29 is 9.47 Å². The van der Waals surface area contributed by atoms with Gasteiger partial charge in [0.25, 0.3) is 0 Å². The molecule has 0 amide bonds. The fourth-order valence-electron chi connectivity index (χ4n) is 3.76. The number of rotatable bonds is 10. The SMILES string of the molecule is CCCNC(C(C)CCOC)C1(OCC)CCC(C)CC1. The lowest BCUT2D eigenvalue weighted by Gasteiger charge is -2.47. The van der Waals surface area contributed by atoms with E-state index in [9.17, 15) is 0 Å². The lowest BCUT2D eigenvalue weighted by atomic mass is 9.71. The van der Waals surface area contributed by atoms with Gasteiger partial charge in [0.15, 0.2) is 0 Å². The summed E-state index contributed by atoms with van der Waals surface area (Å²) < 4.78 is 11.7. The van der Waals surface area contributed by atoms with Crippen molar-refractivity contribution in [2.75, 3.05) is 26.9 Å². The highest BCUT2D eigenvalue weighted by molar-refractivity contribution is 4.98. The maximum atomic E-state index is 6.38. The number of hydrogen-bond donors (Lipinski definition) is 1. The number of ether oxygens (including phenoxy) is 2. The Bertz CT molecular complexity index is 262. The number of hydrogen-bond acceptors (Lipinski definition) is 3. The van der Waals surface area contributed by atoms with E-state index in [-0.39, 0.29) is 5.60 Å². The van der Waals surface area contributed by atoms with Gasteiger partial charge in [0.2, 0.25) is 0 Å². The summed E-state index contributed by atoms with van der Waals surface area (Å²) in [7, 11) is 1.79. The van der Waals surface area contributed by atoms with Gasteiger partial charge in [0.05, 0.1) is 5.60 Å². The Morgan fingerprint density at radius 2 is 1.90 bits per heavy atom. The Balaban J connectivity index is 2.83. The van der Waals surface area contributed by atoms with E-state index in [0.29, 0.717) is 12.0 Å². The first-order chi connectivity index (χ1) is 10.1. The summed E-state index contributed by atoms with van der Waals surface area (Å²) in [6, 6.07) is 0.444. The summed E-state index contributed by atoms with van der Waals surface area (Å²) in [6.07, 6.45) is 7.25. The highest BCUT2D eigenvalue weighted by atomic mass is 16.5. The van der Waals surface area contributed by atoms with Crippen molar-refractivity contribution in [2.24, 2.45) is 11.8 Å². The third-order valence-electron chi connectivity index (χ3n) is 5.08. The third-order valence-corrected chi connectivity index (χ3v) is 5.08. The molecule has 0 aromatic rings. The van der Waals surface area contributed by atoms with Crippen LogP contribution >= 0.6 is 0 Å². The predicted molar refractivity (Wildman–Crippen MR) is 89.7 cm³/mol. The maximum Gasteiger partial charge on any atom is 0.0837 e. The number of nitrogens with one attached hydrogen (secondary N) is 1. The topological polar surface area (TPSA) is 30.5 Å². The van der Waals surface area contributed by atoms with Crippen molar-refractivity contribution in [1.29, 1.82) is 0 Å². The van der Waals surface area contributed by atoms with Gasteiger partial charge in [-0.15, -0.1) is 0 Å². The standard InChI is InChI=1S/C18H37NO2/c1-6-13-19-17(16(4)10-14-20-5)18(21-7-2)11-8-15(3)9-12-18/h15-17,19H,6-14H2,1-5H3. The summed E-state index contributed by atoms with van der Waals surface area (Å²) >= 11 is 0. The van der Waals surface area contributed by atoms with Gasteiger partial charge in [-0.05, 0) is 63.8 Å². The minimum absolute atomic E-state index is 0.0313. The van der Waals surface area contributed by atoms with Gasteiger partial charge in [-0.3, -0.25) is 0 Å². The molecule has 1 saturated carbocycles. The summed E-state index contributed by atoms with van der Waals surface area (Å²) in [4.78, 5) is 0. The Morgan fingerprint density at radius 3 is 2.43 bits per heavy atom. The molecule has 0 bridgehead atoms. The van der Waals surface area contributed by atoms with Gasteiger partial charge < -0.3 is 14.8 Å².